The normalized spacial score (nSPS) is 12.5. The summed E-state index contributed by atoms with van der Waals surface area (Å²) in [5.74, 6) is 1.47. The molecular formula is C12H16N2O3. The molecule has 1 amide bonds. The minimum Gasteiger partial charge on any atom is -0.454 e. The Balaban J connectivity index is 1.88. The van der Waals surface area contributed by atoms with Gasteiger partial charge in [0.2, 0.25) is 12.7 Å². The van der Waals surface area contributed by atoms with Gasteiger partial charge >= 0.3 is 0 Å². The van der Waals surface area contributed by atoms with Crippen LogP contribution < -0.4 is 20.1 Å². The van der Waals surface area contributed by atoms with E-state index in [1.807, 2.05) is 25.2 Å². The molecule has 1 aromatic carbocycles. The minimum atomic E-state index is 0.0131. The number of fused-ring (bicyclic) bond motifs is 1. The first-order chi connectivity index (χ1) is 8.29. The van der Waals surface area contributed by atoms with Crippen molar-refractivity contribution in [1.82, 2.24) is 10.6 Å². The Hall–Kier alpha value is -1.75. The van der Waals surface area contributed by atoms with Crippen molar-refractivity contribution in [3.8, 4) is 11.5 Å². The highest BCUT2D eigenvalue weighted by Crippen LogP contribution is 2.32. The summed E-state index contributed by atoms with van der Waals surface area (Å²) < 4.78 is 10.5. The van der Waals surface area contributed by atoms with Crippen LogP contribution in [0.5, 0.6) is 11.5 Å². The number of carbonyl (C=O) groups is 1. The summed E-state index contributed by atoms with van der Waals surface area (Å²) in [6.07, 6.45) is 0.361. The highest BCUT2D eigenvalue weighted by Gasteiger charge is 2.14. The zero-order valence-electron chi connectivity index (χ0n) is 9.79. The molecule has 0 unspecified atom stereocenters. The zero-order valence-corrected chi connectivity index (χ0v) is 9.79. The average molecular weight is 236 g/mol. The van der Waals surface area contributed by atoms with Crippen LogP contribution in [0, 0.1) is 0 Å². The standard InChI is InChI=1S/C12H16N2O3/c1-13-4-5-14-12(15)7-9-2-3-10-11(6-9)17-8-16-10/h2-3,6,13H,4-5,7-8H2,1H3,(H,14,15). The Morgan fingerprint density at radius 1 is 1.29 bits per heavy atom. The second-order valence-corrected chi connectivity index (χ2v) is 3.82. The van der Waals surface area contributed by atoms with E-state index in [4.69, 9.17) is 9.47 Å². The Morgan fingerprint density at radius 2 is 2.12 bits per heavy atom. The predicted molar refractivity (Wildman–Crippen MR) is 63.2 cm³/mol. The summed E-state index contributed by atoms with van der Waals surface area (Å²) >= 11 is 0. The van der Waals surface area contributed by atoms with Crippen LogP contribution in [0.3, 0.4) is 0 Å². The van der Waals surface area contributed by atoms with E-state index in [1.54, 1.807) is 0 Å². The lowest BCUT2D eigenvalue weighted by atomic mass is 10.1. The highest BCUT2D eigenvalue weighted by atomic mass is 16.7. The molecule has 92 valence electrons. The lowest BCUT2D eigenvalue weighted by molar-refractivity contribution is -0.120. The first-order valence-electron chi connectivity index (χ1n) is 5.59. The van der Waals surface area contributed by atoms with E-state index >= 15 is 0 Å². The second kappa shape index (κ2) is 5.54. The maximum Gasteiger partial charge on any atom is 0.231 e. The van der Waals surface area contributed by atoms with Gasteiger partial charge in [0.15, 0.2) is 11.5 Å². The van der Waals surface area contributed by atoms with Crippen molar-refractivity contribution in [2.75, 3.05) is 26.9 Å². The van der Waals surface area contributed by atoms with Crippen molar-refractivity contribution in [3.05, 3.63) is 23.8 Å². The lowest BCUT2D eigenvalue weighted by Crippen LogP contribution is -2.31. The quantitative estimate of drug-likeness (QED) is 0.722. The summed E-state index contributed by atoms with van der Waals surface area (Å²) in [4.78, 5) is 11.6. The third-order valence-corrected chi connectivity index (χ3v) is 2.50. The van der Waals surface area contributed by atoms with Crippen molar-refractivity contribution in [1.29, 1.82) is 0 Å². The van der Waals surface area contributed by atoms with Gasteiger partial charge in [-0.05, 0) is 24.7 Å². The van der Waals surface area contributed by atoms with Gasteiger partial charge in [-0.2, -0.15) is 0 Å². The molecule has 1 aliphatic heterocycles. The molecule has 5 heteroatoms. The number of ether oxygens (including phenoxy) is 2. The number of carbonyl (C=O) groups excluding carboxylic acids is 1. The molecule has 0 spiro atoms. The Morgan fingerprint density at radius 3 is 2.94 bits per heavy atom. The molecule has 2 N–H and O–H groups in total. The molecule has 5 nitrogen and oxygen atoms in total. The fourth-order valence-corrected chi connectivity index (χ4v) is 1.63. The number of likely N-dealkylation sites (N-methyl/N-ethyl adjacent to an activating group) is 1. The fourth-order valence-electron chi connectivity index (χ4n) is 1.63. The fraction of sp³-hybridized carbons (Fsp3) is 0.417. The summed E-state index contributed by atoms with van der Waals surface area (Å²) in [7, 11) is 1.85. The first kappa shape index (κ1) is 11.7. The van der Waals surface area contributed by atoms with Crippen LogP contribution in [0.4, 0.5) is 0 Å². The van der Waals surface area contributed by atoms with Gasteiger partial charge < -0.3 is 20.1 Å². The molecule has 0 aliphatic carbocycles. The van der Waals surface area contributed by atoms with Crippen LogP contribution in [0.15, 0.2) is 18.2 Å². The van der Waals surface area contributed by atoms with Crippen molar-refractivity contribution in [2.45, 2.75) is 6.42 Å². The molecular weight excluding hydrogens is 220 g/mol. The van der Waals surface area contributed by atoms with Gasteiger partial charge in [-0.15, -0.1) is 0 Å². The molecule has 0 atom stereocenters. The molecule has 0 radical (unpaired) electrons. The molecule has 1 aliphatic rings. The number of nitrogens with one attached hydrogen (secondary N) is 2. The predicted octanol–water partition coefficient (Wildman–Crippen LogP) is 0.293. The van der Waals surface area contributed by atoms with Crippen molar-refractivity contribution in [2.24, 2.45) is 0 Å². The van der Waals surface area contributed by atoms with E-state index in [0.717, 1.165) is 17.9 Å². The molecule has 0 bridgehead atoms. The maximum atomic E-state index is 11.6. The zero-order chi connectivity index (χ0) is 12.1. The Bertz CT molecular complexity index is 407. The van der Waals surface area contributed by atoms with E-state index in [9.17, 15) is 4.79 Å². The number of hydrogen-bond acceptors (Lipinski definition) is 4. The van der Waals surface area contributed by atoms with Crippen LogP contribution in [0.1, 0.15) is 5.56 Å². The molecule has 2 rings (SSSR count). The molecule has 0 aromatic heterocycles. The topological polar surface area (TPSA) is 59.6 Å². The minimum absolute atomic E-state index is 0.0131. The van der Waals surface area contributed by atoms with E-state index in [2.05, 4.69) is 10.6 Å². The number of benzene rings is 1. The van der Waals surface area contributed by atoms with E-state index in [0.29, 0.717) is 18.7 Å². The Labute approximate surface area is 100 Å². The van der Waals surface area contributed by atoms with E-state index < -0.39 is 0 Å². The smallest absolute Gasteiger partial charge is 0.231 e. The van der Waals surface area contributed by atoms with Gasteiger partial charge in [-0.3, -0.25) is 4.79 Å². The van der Waals surface area contributed by atoms with Gasteiger partial charge in [-0.1, -0.05) is 6.07 Å². The third kappa shape index (κ3) is 3.10. The van der Waals surface area contributed by atoms with Gasteiger partial charge in [-0.25, -0.2) is 0 Å². The molecule has 17 heavy (non-hydrogen) atoms. The van der Waals surface area contributed by atoms with Gasteiger partial charge in [0.05, 0.1) is 6.42 Å². The van der Waals surface area contributed by atoms with Crippen LogP contribution in [0.2, 0.25) is 0 Å². The molecule has 0 fully saturated rings. The number of amides is 1. The largest absolute Gasteiger partial charge is 0.454 e. The molecule has 0 saturated carbocycles. The second-order valence-electron chi connectivity index (χ2n) is 3.82. The summed E-state index contributed by atoms with van der Waals surface area (Å²) in [5.41, 5.74) is 0.927. The third-order valence-electron chi connectivity index (χ3n) is 2.50. The molecule has 1 aromatic rings. The van der Waals surface area contributed by atoms with Gasteiger partial charge in [0.25, 0.3) is 0 Å². The van der Waals surface area contributed by atoms with Gasteiger partial charge in [0.1, 0.15) is 0 Å². The first-order valence-corrected chi connectivity index (χ1v) is 5.59. The van der Waals surface area contributed by atoms with Crippen molar-refractivity contribution >= 4 is 5.91 Å². The highest BCUT2D eigenvalue weighted by molar-refractivity contribution is 5.78. The van der Waals surface area contributed by atoms with Crippen LogP contribution >= 0.6 is 0 Å². The maximum absolute atomic E-state index is 11.6. The monoisotopic (exact) mass is 236 g/mol. The number of hydrogen-bond donors (Lipinski definition) is 2. The average Bonchev–Trinajstić information content (AvgIpc) is 2.76. The lowest BCUT2D eigenvalue weighted by Gasteiger charge is -2.05. The van der Waals surface area contributed by atoms with Crippen LogP contribution in [-0.2, 0) is 11.2 Å². The molecule has 1 heterocycles. The summed E-state index contributed by atoms with van der Waals surface area (Å²) in [6.45, 7) is 1.67. The van der Waals surface area contributed by atoms with E-state index in [1.165, 1.54) is 0 Å². The Kier molecular flexibility index (Phi) is 3.82. The van der Waals surface area contributed by atoms with E-state index in [-0.39, 0.29) is 12.7 Å². The summed E-state index contributed by atoms with van der Waals surface area (Å²) in [5, 5.41) is 5.80. The van der Waals surface area contributed by atoms with Crippen LogP contribution in [-0.4, -0.2) is 32.8 Å². The number of rotatable bonds is 5. The van der Waals surface area contributed by atoms with Gasteiger partial charge in [0, 0.05) is 13.1 Å². The molecule has 0 saturated heterocycles. The summed E-state index contributed by atoms with van der Waals surface area (Å²) in [6, 6.07) is 5.56. The van der Waals surface area contributed by atoms with Crippen molar-refractivity contribution < 1.29 is 14.3 Å². The van der Waals surface area contributed by atoms with Crippen LogP contribution in [0.25, 0.3) is 0 Å². The van der Waals surface area contributed by atoms with Crippen molar-refractivity contribution in [3.63, 3.8) is 0 Å². The SMILES string of the molecule is CNCCNC(=O)Cc1ccc2c(c1)OCO2.